The van der Waals surface area contributed by atoms with Gasteiger partial charge in [-0.15, -0.1) is 0 Å². The lowest BCUT2D eigenvalue weighted by Gasteiger charge is -2.38. The van der Waals surface area contributed by atoms with Gasteiger partial charge in [-0.3, -0.25) is 9.69 Å². The van der Waals surface area contributed by atoms with Crippen molar-refractivity contribution >= 4 is 28.7 Å². The molecule has 2 heterocycles. The predicted octanol–water partition coefficient (Wildman–Crippen LogP) is 2.88. The van der Waals surface area contributed by atoms with Crippen LogP contribution in [0.5, 0.6) is 5.75 Å². The Balaban J connectivity index is 1.92. The van der Waals surface area contributed by atoms with Crippen LogP contribution in [-0.4, -0.2) is 31.1 Å². The molecular formula is C18H15NO4S. The highest BCUT2D eigenvalue weighted by Gasteiger charge is 2.60. The average Bonchev–Trinajstić information content (AvgIpc) is 2.91. The molecule has 1 fully saturated rings. The molecule has 0 amide bonds. The van der Waals surface area contributed by atoms with Crippen LogP contribution in [0.15, 0.2) is 48.5 Å². The van der Waals surface area contributed by atoms with Crippen LogP contribution in [0, 0.1) is 0 Å². The van der Waals surface area contributed by atoms with E-state index in [4.69, 9.17) is 26.4 Å². The molecule has 5 nitrogen and oxygen atoms in total. The van der Waals surface area contributed by atoms with Gasteiger partial charge in [0, 0.05) is 23.9 Å². The van der Waals surface area contributed by atoms with Crippen molar-refractivity contribution in [2.24, 2.45) is 0 Å². The minimum Gasteiger partial charge on any atom is -0.497 e. The van der Waals surface area contributed by atoms with Crippen LogP contribution in [0.3, 0.4) is 0 Å². The zero-order valence-corrected chi connectivity index (χ0v) is 14.0. The molecule has 0 N–H and O–H groups in total. The van der Waals surface area contributed by atoms with Crippen molar-refractivity contribution in [1.29, 1.82) is 0 Å². The summed E-state index contributed by atoms with van der Waals surface area (Å²) in [7, 11) is 3.16. The highest BCUT2D eigenvalue weighted by atomic mass is 32.1. The van der Waals surface area contributed by atoms with Crippen molar-refractivity contribution in [2.45, 2.75) is 12.0 Å². The summed E-state index contributed by atoms with van der Waals surface area (Å²) in [4.78, 5) is 14.9. The second-order valence-electron chi connectivity index (χ2n) is 5.57. The third kappa shape index (κ3) is 1.87. The monoisotopic (exact) mass is 341 g/mol. The lowest BCUT2D eigenvalue weighted by molar-refractivity contribution is -0.215. The Morgan fingerprint density at radius 2 is 1.83 bits per heavy atom. The van der Waals surface area contributed by atoms with Crippen LogP contribution in [0.4, 0.5) is 5.69 Å². The molecule has 6 heteroatoms. The van der Waals surface area contributed by atoms with E-state index in [0.717, 1.165) is 11.4 Å². The summed E-state index contributed by atoms with van der Waals surface area (Å²) < 4.78 is 17.0. The molecule has 0 radical (unpaired) electrons. The number of ether oxygens (including phenoxy) is 3. The molecule has 2 aliphatic rings. The van der Waals surface area contributed by atoms with Gasteiger partial charge in [0.15, 0.2) is 11.9 Å². The van der Waals surface area contributed by atoms with Crippen molar-refractivity contribution in [2.75, 3.05) is 19.1 Å². The van der Waals surface area contributed by atoms with Crippen molar-refractivity contribution in [3.63, 3.8) is 0 Å². The molecule has 24 heavy (non-hydrogen) atoms. The average molecular weight is 341 g/mol. The number of benzene rings is 2. The quantitative estimate of drug-likeness (QED) is 0.800. The summed E-state index contributed by atoms with van der Waals surface area (Å²) in [5.41, 5.74) is 2.01. The van der Waals surface area contributed by atoms with E-state index in [1.807, 2.05) is 42.5 Å². The maximum Gasteiger partial charge on any atom is 0.286 e. The van der Waals surface area contributed by atoms with Gasteiger partial charge in [-0.2, -0.15) is 0 Å². The number of methoxy groups -OCH3 is 2. The van der Waals surface area contributed by atoms with Gasteiger partial charge >= 0.3 is 0 Å². The first kappa shape index (κ1) is 15.3. The fourth-order valence-electron chi connectivity index (χ4n) is 3.27. The van der Waals surface area contributed by atoms with Crippen LogP contribution in [-0.2, 0) is 15.4 Å². The predicted molar refractivity (Wildman–Crippen MR) is 92.4 cm³/mol. The van der Waals surface area contributed by atoms with E-state index in [9.17, 15) is 4.79 Å². The van der Waals surface area contributed by atoms with Gasteiger partial charge in [0.2, 0.25) is 0 Å². The number of hydrogen-bond acceptors (Lipinski definition) is 5. The largest absolute Gasteiger partial charge is 0.497 e. The van der Waals surface area contributed by atoms with E-state index in [2.05, 4.69) is 0 Å². The highest BCUT2D eigenvalue weighted by Crippen LogP contribution is 2.47. The summed E-state index contributed by atoms with van der Waals surface area (Å²) in [5, 5.41) is 0. The fraction of sp³-hybridized carbons (Fsp3) is 0.222. The molecule has 2 bridgehead atoms. The lowest BCUT2D eigenvalue weighted by Crippen LogP contribution is -2.46. The molecule has 2 atom stereocenters. The SMILES string of the molecule is COc1ccc(N2C(=S)C3OC2(OC)c2ccccc2C3=O)cc1. The van der Waals surface area contributed by atoms with Crippen LogP contribution in [0.25, 0.3) is 0 Å². The Kier molecular flexibility index (Phi) is 3.42. The molecule has 0 aromatic heterocycles. The first-order valence-corrected chi connectivity index (χ1v) is 7.88. The second-order valence-corrected chi connectivity index (χ2v) is 5.98. The van der Waals surface area contributed by atoms with Gasteiger partial charge < -0.3 is 14.2 Å². The van der Waals surface area contributed by atoms with Crippen LogP contribution < -0.4 is 9.64 Å². The number of carbonyl (C=O) groups is 1. The summed E-state index contributed by atoms with van der Waals surface area (Å²) in [6.45, 7) is 0. The van der Waals surface area contributed by atoms with Gasteiger partial charge in [-0.25, -0.2) is 0 Å². The normalized spacial score (nSPS) is 24.9. The zero-order chi connectivity index (χ0) is 16.9. The van der Waals surface area contributed by atoms with Gasteiger partial charge in [0.05, 0.1) is 7.11 Å². The molecule has 4 rings (SSSR count). The number of carbonyl (C=O) groups excluding carboxylic acids is 1. The Morgan fingerprint density at radius 3 is 2.50 bits per heavy atom. The maximum atomic E-state index is 12.7. The number of nitrogens with zero attached hydrogens (tertiary/aromatic N) is 1. The number of anilines is 1. The molecule has 1 saturated heterocycles. The highest BCUT2D eigenvalue weighted by molar-refractivity contribution is 7.80. The molecule has 0 saturated carbocycles. The number of ketones is 1. The maximum absolute atomic E-state index is 12.7. The van der Waals surface area contributed by atoms with Gasteiger partial charge in [0.25, 0.3) is 5.91 Å². The third-order valence-electron chi connectivity index (χ3n) is 4.39. The Labute approximate surface area is 144 Å². The number of thiocarbonyl (C=S) groups is 1. The van der Waals surface area contributed by atoms with Gasteiger partial charge in [-0.1, -0.05) is 36.5 Å². The van der Waals surface area contributed by atoms with E-state index in [0.29, 0.717) is 16.1 Å². The Hall–Kier alpha value is -2.28. The van der Waals surface area contributed by atoms with E-state index in [-0.39, 0.29) is 5.78 Å². The first-order chi connectivity index (χ1) is 11.6. The van der Waals surface area contributed by atoms with Gasteiger partial charge in [0.1, 0.15) is 10.7 Å². The number of rotatable bonds is 3. The molecule has 122 valence electrons. The van der Waals surface area contributed by atoms with E-state index in [1.54, 1.807) is 25.2 Å². The Bertz CT molecular complexity index is 835. The first-order valence-electron chi connectivity index (χ1n) is 7.47. The minimum absolute atomic E-state index is 0.140. The van der Waals surface area contributed by atoms with Crippen molar-refractivity contribution in [3.05, 3.63) is 59.7 Å². The summed E-state index contributed by atoms with van der Waals surface area (Å²) in [6, 6.07) is 14.7. The van der Waals surface area contributed by atoms with E-state index < -0.39 is 12.0 Å². The van der Waals surface area contributed by atoms with Crippen molar-refractivity contribution < 1.29 is 19.0 Å². The molecule has 0 spiro atoms. The van der Waals surface area contributed by atoms with Crippen molar-refractivity contribution in [3.8, 4) is 5.75 Å². The summed E-state index contributed by atoms with van der Waals surface area (Å²) in [5.74, 6) is -0.643. The lowest BCUT2D eigenvalue weighted by atomic mass is 9.97. The summed E-state index contributed by atoms with van der Waals surface area (Å²) >= 11 is 5.55. The van der Waals surface area contributed by atoms with E-state index >= 15 is 0 Å². The topological polar surface area (TPSA) is 48.0 Å². The third-order valence-corrected chi connectivity index (χ3v) is 4.79. The second kappa shape index (κ2) is 5.37. The standard InChI is InChI=1S/C18H15NO4S/c1-21-12-9-7-11(8-10-12)19-17(24)16-15(20)13-5-3-4-6-14(13)18(19,22-2)23-16/h3-10,16H,1-2H3. The van der Waals surface area contributed by atoms with Crippen molar-refractivity contribution in [1.82, 2.24) is 0 Å². The number of fused-ring (bicyclic) bond motifs is 4. The fourth-order valence-corrected chi connectivity index (χ4v) is 3.65. The van der Waals surface area contributed by atoms with Gasteiger partial charge in [-0.05, 0) is 24.3 Å². The molecular weight excluding hydrogens is 326 g/mol. The smallest absolute Gasteiger partial charge is 0.286 e. The molecule has 2 aromatic rings. The van der Waals surface area contributed by atoms with E-state index in [1.165, 1.54) is 0 Å². The van der Waals surface area contributed by atoms with Crippen LogP contribution in [0.1, 0.15) is 15.9 Å². The Morgan fingerprint density at radius 1 is 1.12 bits per heavy atom. The molecule has 0 aliphatic carbocycles. The minimum atomic E-state index is -1.24. The molecule has 2 aliphatic heterocycles. The number of Topliss-reactive ketones (excluding diaryl/α,β-unsaturated/α-hetero) is 1. The van der Waals surface area contributed by atoms with Crippen LogP contribution in [0.2, 0.25) is 0 Å². The molecule has 2 aromatic carbocycles. The summed E-state index contributed by atoms with van der Waals surface area (Å²) in [6.07, 6.45) is -0.822. The van der Waals surface area contributed by atoms with Crippen LogP contribution >= 0.6 is 12.2 Å². The zero-order valence-electron chi connectivity index (χ0n) is 13.2. The number of hydrogen-bond donors (Lipinski definition) is 0. The molecule has 2 unspecified atom stereocenters.